The first kappa shape index (κ1) is 3.19. The quantitative estimate of drug-likeness (QED) is 0.378. The van der Waals surface area contributed by atoms with E-state index < -0.39 is 0 Å². The fourth-order valence-corrected chi connectivity index (χ4v) is 0.204. The van der Waals surface area contributed by atoms with Crippen LogP contribution in [0.4, 0.5) is 0 Å². The maximum absolute atomic E-state index is 4.71. The molecule has 2 nitrogen and oxygen atoms in total. The van der Waals surface area contributed by atoms with Crippen LogP contribution in [0.1, 0.15) is 0 Å². The minimum absolute atomic E-state index is 0.0648. The van der Waals surface area contributed by atoms with Crippen LogP contribution in [-0.2, 0) is 9.31 Å². The van der Waals surface area contributed by atoms with Gasteiger partial charge in [-0.05, 0) is 6.82 Å². The van der Waals surface area contributed by atoms with Gasteiger partial charge in [0.1, 0.15) is 6.79 Å². The molecule has 0 aromatic heterocycles. The summed E-state index contributed by atoms with van der Waals surface area (Å²) in [6, 6.07) is 0. The summed E-state index contributed by atoms with van der Waals surface area (Å²) in [6.45, 7) is 2.35. The Morgan fingerprint density at radius 3 is 2.00 bits per heavy atom. The number of rotatable bonds is 0. The molecular weight excluding hydrogens is 66.8 g/mol. The van der Waals surface area contributed by atoms with Crippen molar-refractivity contribution in [2.75, 3.05) is 6.79 Å². The average molecular weight is 71.9 g/mol. The van der Waals surface area contributed by atoms with Crippen molar-refractivity contribution >= 4 is 7.12 Å². The summed E-state index contributed by atoms with van der Waals surface area (Å²) in [4.78, 5) is 0. The van der Waals surface area contributed by atoms with Gasteiger partial charge in [0.05, 0.1) is 0 Å². The van der Waals surface area contributed by atoms with Gasteiger partial charge in [-0.2, -0.15) is 0 Å². The van der Waals surface area contributed by atoms with E-state index >= 15 is 0 Å². The zero-order chi connectivity index (χ0) is 3.70. The van der Waals surface area contributed by atoms with Crippen LogP contribution >= 0.6 is 0 Å². The van der Waals surface area contributed by atoms with Crippen molar-refractivity contribution in [2.45, 2.75) is 6.82 Å². The molecule has 5 heavy (non-hydrogen) atoms. The Balaban J connectivity index is 2.08. The molecule has 1 aliphatic heterocycles. The first-order valence-corrected chi connectivity index (χ1v) is 1.63. The highest BCUT2D eigenvalue weighted by Crippen LogP contribution is 1.97. The topological polar surface area (TPSA) is 18.5 Å². The molecular formula is C2H5BO2. The molecule has 0 atom stereocenters. The summed E-state index contributed by atoms with van der Waals surface area (Å²) < 4.78 is 9.42. The van der Waals surface area contributed by atoms with Gasteiger partial charge in [0, 0.05) is 0 Å². The van der Waals surface area contributed by atoms with Gasteiger partial charge in [0.2, 0.25) is 0 Å². The molecule has 0 aliphatic carbocycles. The Kier molecular flexibility index (Phi) is 0.632. The van der Waals surface area contributed by atoms with Crippen LogP contribution in [0.3, 0.4) is 0 Å². The van der Waals surface area contributed by atoms with Crippen LogP contribution in [0.25, 0.3) is 0 Å². The van der Waals surface area contributed by atoms with Crippen molar-refractivity contribution in [1.29, 1.82) is 0 Å². The van der Waals surface area contributed by atoms with Gasteiger partial charge in [-0.25, -0.2) is 0 Å². The van der Waals surface area contributed by atoms with Crippen LogP contribution in [-0.4, -0.2) is 13.9 Å². The zero-order valence-corrected chi connectivity index (χ0v) is 3.10. The monoisotopic (exact) mass is 72.0 g/mol. The SMILES string of the molecule is CB1OCO1. The lowest BCUT2D eigenvalue weighted by atomic mass is 9.94. The van der Waals surface area contributed by atoms with E-state index in [-0.39, 0.29) is 7.12 Å². The largest absolute Gasteiger partial charge is 0.456 e. The summed E-state index contributed by atoms with van der Waals surface area (Å²) >= 11 is 0. The summed E-state index contributed by atoms with van der Waals surface area (Å²) in [5.74, 6) is 0. The molecule has 0 unspecified atom stereocenters. The predicted molar refractivity (Wildman–Crippen MR) is 18.7 cm³/mol. The van der Waals surface area contributed by atoms with Crippen molar-refractivity contribution in [3.05, 3.63) is 0 Å². The van der Waals surface area contributed by atoms with Crippen molar-refractivity contribution in [2.24, 2.45) is 0 Å². The van der Waals surface area contributed by atoms with Crippen molar-refractivity contribution in [1.82, 2.24) is 0 Å². The van der Waals surface area contributed by atoms with E-state index in [0.29, 0.717) is 6.79 Å². The molecule has 1 heterocycles. The van der Waals surface area contributed by atoms with Crippen molar-refractivity contribution in [3.8, 4) is 0 Å². The third-order valence-electron chi connectivity index (χ3n) is 0.605. The Morgan fingerprint density at radius 1 is 1.60 bits per heavy atom. The molecule has 0 aromatic carbocycles. The van der Waals surface area contributed by atoms with E-state index in [4.69, 9.17) is 9.31 Å². The van der Waals surface area contributed by atoms with Gasteiger partial charge in [0.25, 0.3) is 0 Å². The van der Waals surface area contributed by atoms with Crippen LogP contribution < -0.4 is 0 Å². The number of hydrogen-bond acceptors (Lipinski definition) is 2. The third-order valence-corrected chi connectivity index (χ3v) is 0.605. The van der Waals surface area contributed by atoms with Crippen LogP contribution in [0.5, 0.6) is 0 Å². The predicted octanol–water partition coefficient (Wildman–Crippen LogP) is 0.109. The highest BCUT2D eigenvalue weighted by atomic mass is 16.8. The van der Waals surface area contributed by atoms with E-state index in [1.165, 1.54) is 0 Å². The lowest BCUT2D eigenvalue weighted by Gasteiger charge is -2.18. The number of hydrogen-bond donors (Lipinski definition) is 0. The Morgan fingerprint density at radius 2 is 2.00 bits per heavy atom. The smallest absolute Gasteiger partial charge is 0.389 e. The molecule has 0 bridgehead atoms. The molecule has 0 saturated carbocycles. The minimum Gasteiger partial charge on any atom is -0.389 e. The second-order valence-corrected chi connectivity index (χ2v) is 1.02. The fourth-order valence-electron chi connectivity index (χ4n) is 0.204. The first-order valence-electron chi connectivity index (χ1n) is 1.63. The molecule has 0 radical (unpaired) electrons. The summed E-state index contributed by atoms with van der Waals surface area (Å²) in [6.07, 6.45) is 0. The highest BCUT2D eigenvalue weighted by Gasteiger charge is 2.17. The summed E-state index contributed by atoms with van der Waals surface area (Å²) in [5.41, 5.74) is 0. The average Bonchev–Trinajstić information content (AvgIpc) is 1.30. The summed E-state index contributed by atoms with van der Waals surface area (Å²) in [7, 11) is 0.0648. The van der Waals surface area contributed by atoms with Gasteiger partial charge in [-0.15, -0.1) is 0 Å². The Bertz CT molecular complexity index is 34.6. The van der Waals surface area contributed by atoms with Crippen LogP contribution in [0, 0.1) is 0 Å². The molecule has 1 aliphatic rings. The van der Waals surface area contributed by atoms with E-state index in [0.717, 1.165) is 0 Å². The van der Waals surface area contributed by atoms with Gasteiger partial charge in [-0.1, -0.05) is 0 Å². The van der Waals surface area contributed by atoms with Crippen LogP contribution in [0.15, 0.2) is 0 Å². The van der Waals surface area contributed by atoms with Gasteiger partial charge < -0.3 is 9.31 Å². The molecule has 0 N–H and O–H groups in total. The van der Waals surface area contributed by atoms with Gasteiger partial charge >= 0.3 is 7.12 Å². The van der Waals surface area contributed by atoms with Gasteiger partial charge in [-0.3, -0.25) is 0 Å². The normalized spacial score (nSPS) is 22.2. The molecule has 0 amide bonds. The Labute approximate surface area is 31.2 Å². The molecule has 1 saturated heterocycles. The van der Waals surface area contributed by atoms with E-state index in [1.54, 1.807) is 0 Å². The molecule has 1 rings (SSSR count). The van der Waals surface area contributed by atoms with Crippen molar-refractivity contribution in [3.63, 3.8) is 0 Å². The molecule has 3 heteroatoms. The maximum Gasteiger partial charge on any atom is 0.456 e. The second kappa shape index (κ2) is 0.991. The van der Waals surface area contributed by atoms with E-state index in [1.807, 2.05) is 6.82 Å². The van der Waals surface area contributed by atoms with E-state index in [9.17, 15) is 0 Å². The van der Waals surface area contributed by atoms with E-state index in [2.05, 4.69) is 0 Å². The summed E-state index contributed by atoms with van der Waals surface area (Å²) in [5, 5.41) is 0. The van der Waals surface area contributed by atoms with Crippen molar-refractivity contribution < 1.29 is 9.31 Å². The van der Waals surface area contributed by atoms with Crippen LogP contribution in [0.2, 0.25) is 6.82 Å². The first-order chi connectivity index (χ1) is 2.39. The standard InChI is InChI=1S/C2H5BO2/c1-3-4-2-5-3/h2H2,1H3. The minimum atomic E-state index is 0.0648. The fraction of sp³-hybridized carbons (Fsp3) is 1.00. The lowest BCUT2D eigenvalue weighted by Crippen LogP contribution is -2.31. The Hall–Kier alpha value is -0.0151. The zero-order valence-electron chi connectivity index (χ0n) is 3.10. The molecule has 1 fully saturated rings. The second-order valence-electron chi connectivity index (χ2n) is 1.02. The third kappa shape index (κ3) is 0.438. The maximum atomic E-state index is 4.71. The molecule has 0 spiro atoms. The lowest BCUT2D eigenvalue weighted by molar-refractivity contribution is -0.00865. The highest BCUT2D eigenvalue weighted by molar-refractivity contribution is 6.44. The molecule has 28 valence electrons. The van der Waals surface area contributed by atoms with Gasteiger partial charge in [0.15, 0.2) is 0 Å². The molecule has 0 aromatic rings.